The molecule has 0 bridgehead atoms. The van der Waals surface area contributed by atoms with Crippen molar-refractivity contribution in [3.8, 4) is 0 Å². The van der Waals surface area contributed by atoms with Crippen LogP contribution in [-0.4, -0.2) is 22.2 Å². The first-order valence-electron chi connectivity index (χ1n) is 7.17. The lowest BCUT2D eigenvalue weighted by atomic mass is 9.85. The molecule has 110 valence electrons. The molecule has 1 aliphatic rings. The zero-order valence-corrected chi connectivity index (χ0v) is 11.9. The minimum absolute atomic E-state index is 0.153. The number of nitro groups is 1. The molecule has 20 heavy (non-hydrogen) atoms. The van der Waals surface area contributed by atoms with E-state index in [9.17, 15) is 15.2 Å². The van der Waals surface area contributed by atoms with E-state index < -0.39 is 5.60 Å². The summed E-state index contributed by atoms with van der Waals surface area (Å²) < 4.78 is 0. The molecule has 5 heteroatoms. The van der Waals surface area contributed by atoms with Gasteiger partial charge in [0.2, 0.25) is 0 Å². The first-order valence-corrected chi connectivity index (χ1v) is 7.17. The van der Waals surface area contributed by atoms with Crippen LogP contribution in [0.15, 0.2) is 18.2 Å². The van der Waals surface area contributed by atoms with Crippen molar-refractivity contribution in [1.29, 1.82) is 0 Å². The molecule has 1 aromatic carbocycles. The Bertz CT molecular complexity index is 482. The lowest BCUT2D eigenvalue weighted by Gasteiger charge is -2.32. The molecule has 0 atom stereocenters. The van der Waals surface area contributed by atoms with Gasteiger partial charge in [0, 0.05) is 24.7 Å². The predicted molar refractivity (Wildman–Crippen MR) is 77.6 cm³/mol. The van der Waals surface area contributed by atoms with E-state index in [-0.39, 0.29) is 10.6 Å². The second kappa shape index (κ2) is 6.33. The molecular formula is C15H22N2O3. The Morgan fingerprint density at radius 3 is 2.70 bits per heavy atom. The molecule has 0 unspecified atom stereocenters. The molecule has 0 radical (unpaired) electrons. The van der Waals surface area contributed by atoms with Gasteiger partial charge in [-0.25, -0.2) is 0 Å². The fraction of sp³-hybridized carbons (Fsp3) is 0.600. The van der Waals surface area contributed by atoms with Crippen LogP contribution in [0.3, 0.4) is 0 Å². The molecule has 2 N–H and O–H groups in total. The van der Waals surface area contributed by atoms with Gasteiger partial charge < -0.3 is 10.4 Å². The molecule has 2 rings (SSSR count). The number of nitro benzene ring substituents is 1. The van der Waals surface area contributed by atoms with Crippen molar-refractivity contribution in [2.24, 2.45) is 0 Å². The van der Waals surface area contributed by atoms with Gasteiger partial charge in [0.15, 0.2) is 0 Å². The highest BCUT2D eigenvalue weighted by atomic mass is 16.6. The fourth-order valence-corrected chi connectivity index (χ4v) is 2.79. The summed E-state index contributed by atoms with van der Waals surface area (Å²) in [6.07, 6.45) is 5.04. The minimum atomic E-state index is -0.602. The Balaban J connectivity index is 1.91. The van der Waals surface area contributed by atoms with Gasteiger partial charge in [-0.15, -0.1) is 0 Å². The number of rotatable bonds is 5. The lowest BCUT2D eigenvalue weighted by molar-refractivity contribution is -0.385. The summed E-state index contributed by atoms with van der Waals surface area (Å²) in [5.41, 5.74) is 1.10. The van der Waals surface area contributed by atoms with Crippen molar-refractivity contribution >= 4 is 5.69 Å². The molecule has 0 aliphatic heterocycles. The quantitative estimate of drug-likeness (QED) is 0.641. The Morgan fingerprint density at radius 1 is 1.35 bits per heavy atom. The normalized spacial score (nSPS) is 17.9. The zero-order valence-electron chi connectivity index (χ0n) is 11.9. The van der Waals surface area contributed by atoms with Crippen LogP contribution in [0.1, 0.15) is 43.2 Å². The Hall–Kier alpha value is -1.46. The monoisotopic (exact) mass is 278 g/mol. The lowest BCUT2D eigenvalue weighted by Crippen LogP contribution is -2.41. The standard InChI is InChI=1S/C15H22N2O3/c1-12-5-6-13(9-14(12)17(19)20)10-16-11-15(18)7-3-2-4-8-15/h5-6,9,16,18H,2-4,7-8,10-11H2,1H3. The molecule has 1 aliphatic carbocycles. The molecule has 0 saturated heterocycles. The summed E-state index contributed by atoms with van der Waals surface area (Å²) in [6, 6.07) is 5.26. The first kappa shape index (κ1) is 14.9. The largest absolute Gasteiger partial charge is 0.389 e. The van der Waals surface area contributed by atoms with Crippen LogP contribution in [0.4, 0.5) is 5.69 Å². The molecule has 0 spiro atoms. The van der Waals surface area contributed by atoms with Gasteiger partial charge in [0.25, 0.3) is 5.69 Å². The molecule has 1 saturated carbocycles. The molecule has 1 aromatic rings. The average molecular weight is 278 g/mol. The van der Waals surface area contributed by atoms with E-state index in [2.05, 4.69) is 5.32 Å². The van der Waals surface area contributed by atoms with Gasteiger partial charge in [-0.1, -0.05) is 31.4 Å². The van der Waals surface area contributed by atoms with Crippen molar-refractivity contribution in [3.63, 3.8) is 0 Å². The van der Waals surface area contributed by atoms with Crippen LogP contribution in [0.5, 0.6) is 0 Å². The van der Waals surface area contributed by atoms with Crippen molar-refractivity contribution < 1.29 is 10.0 Å². The van der Waals surface area contributed by atoms with Crippen LogP contribution in [0, 0.1) is 17.0 Å². The van der Waals surface area contributed by atoms with E-state index in [0.717, 1.165) is 31.2 Å². The van der Waals surface area contributed by atoms with Crippen molar-refractivity contribution in [3.05, 3.63) is 39.4 Å². The summed E-state index contributed by atoms with van der Waals surface area (Å²) >= 11 is 0. The molecular weight excluding hydrogens is 256 g/mol. The summed E-state index contributed by atoms with van der Waals surface area (Å²) in [6.45, 7) is 2.83. The molecule has 0 amide bonds. The second-order valence-corrected chi connectivity index (χ2v) is 5.77. The highest BCUT2D eigenvalue weighted by molar-refractivity contribution is 5.42. The smallest absolute Gasteiger partial charge is 0.272 e. The van der Waals surface area contributed by atoms with E-state index >= 15 is 0 Å². The zero-order chi connectivity index (χ0) is 14.6. The van der Waals surface area contributed by atoms with Gasteiger partial charge in [-0.2, -0.15) is 0 Å². The van der Waals surface area contributed by atoms with Gasteiger partial charge in [0.05, 0.1) is 10.5 Å². The van der Waals surface area contributed by atoms with E-state index in [4.69, 9.17) is 0 Å². The van der Waals surface area contributed by atoms with Gasteiger partial charge in [-0.3, -0.25) is 10.1 Å². The van der Waals surface area contributed by atoms with Crippen LogP contribution in [0.2, 0.25) is 0 Å². The number of hydrogen-bond acceptors (Lipinski definition) is 4. The van der Waals surface area contributed by atoms with Crippen molar-refractivity contribution in [1.82, 2.24) is 5.32 Å². The van der Waals surface area contributed by atoms with Gasteiger partial charge in [-0.05, 0) is 25.3 Å². The van der Waals surface area contributed by atoms with E-state index in [1.807, 2.05) is 6.07 Å². The minimum Gasteiger partial charge on any atom is -0.389 e. The predicted octanol–water partition coefficient (Wildman–Crippen LogP) is 2.69. The maximum atomic E-state index is 10.9. The van der Waals surface area contributed by atoms with Gasteiger partial charge >= 0.3 is 0 Å². The number of nitrogens with one attached hydrogen (secondary N) is 1. The fourth-order valence-electron chi connectivity index (χ4n) is 2.79. The molecule has 5 nitrogen and oxygen atoms in total. The second-order valence-electron chi connectivity index (χ2n) is 5.77. The number of aryl methyl sites for hydroxylation is 1. The van der Waals surface area contributed by atoms with Crippen LogP contribution < -0.4 is 5.32 Å². The summed E-state index contributed by atoms with van der Waals surface area (Å²) in [5, 5.41) is 24.5. The summed E-state index contributed by atoms with van der Waals surface area (Å²) in [4.78, 5) is 10.5. The SMILES string of the molecule is Cc1ccc(CNCC2(O)CCCCC2)cc1[N+](=O)[O-]. The molecule has 0 aromatic heterocycles. The van der Waals surface area contributed by atoms with Crippen LogP contribution in [-0.2, 0) is 6.54 Å². The van der Waals surface area contributed by atoms with E-state index in [1.165, 1.54) is 6.42 Å². The van der Waals surface area contributed by atoms with Crippen LogP contribution >= 0.6 is 0 Å². The van der Waals surface area contributed by atoms with E-state index in [0.29, 0.717) is 18.7 Å². The third-order valence-electron chi connectivity index (χ3n) is 4.04. The maximum Gasteiger partial charge on any atom is 0.272 e. The van der Waals surface area contributed by atoms with E-state index in [1.54, 1.807) is 19.1 Å². The third kappa shape index (κ3) is 3.77. The van der Waals surface area contributed by atoms with Crippen molar-refractivity contribution in [2.75, 3.05) is 6.54 Å². The first-order chi connectivity index (χ1) is 9.50. The molecule has 1 fully saturated rings. The average Bonchev–Trinajstić information content (AvgIpc) is 2.41. The summed E-state index contributed by atoms with van der Waals surface area (Å²) in [7, 11) is 0. The Morgan fingerprint density at radius 2 is 2.05 bits per heavy atom. The van der Waals surface area contributed by atoms with Crippen LogP contribution in [0.25, 0.3) is 0 Å². The number of hydrogen-bond donors (Lipinski definition) is 2. The highest BCUT2D eigenvalue weighted by Crippen LogP contribution is 2.27. The topological polar surface area (TPSA) is 75.4 Å². The Kier molecular flexibility index (Phi) is 4.73. The summed E-state index contributed by atoms with van der Waals surface area (Å²) in [5.74, 6) is 0. The van der Waals surface area contributed by atoms with Crippen molar-refractivity contribution in [2.45, 2.75) is 51.2 Å². The maximum absolute atomic E-state index is 10.9. The molecule has 0 heterocycles. The van der Waals surface area contributed by atoms with Gasteiger partial charge in [0.1, 0.15) is 0 Å². The number of nitrogens with zero attached hydrogens (tertiary/aromatic N) is 1. The third-order valence-corrected chi connectivity index (χ3v) is 4.04. The number of aliphatic hydroxyl groups is 1. The Labute approximate surface area is 119 Å². The highest BCUT2D eigenvalue weighted by Gasteiger charge is 2.28. The number of benzene rings is 1.